The second kappa shape index (κ2) is 8.27. The van der Waals surface area contributed by atoms with E-state index in [4.69, 9.17) is 10.1 Å². The molecule has 0 saturated carbocycles. The Kier molecular flexibility index (Phi) is 5.57. The smallest absolute Gasteiger partial charge is 0.151 e. The van der Waals surface area contributed by atoms with E-state index in [1.807, 2.05) is 19.3 Å². The van der Waals surface area contributed by atoms with Crippen molar-refractivity contribution in [1.82, 2.24) is 29.2 Å². The van der Waals surface area contributed by atoms with Gasteiger partial charge in [-0.05, 0) is 58.3 Å². The van der Waals surface area contributed by atoms with Gasteiger partial charge >= 0.3 is 0 Å². The molecule has 0 amide bonds. The maximum absolute atomic E-state index is 5.01. The summed E-state index contributed by atoms with van der Waals surface area (Å²) in [6.07, 6.45) is 7.31. The molecule has 2 aromatic heterocycles. The highest BCUT2D eigenvalue weighted by Gasteiger charge is 2.23. The van der Waals surface area contributed by atoms with E-state index in [1.54, 1.807) is 0 Å². The summed E-state index contributed by atoms with van der Waals surface area (Å²) < 4.78 is 4.26. The highest BCUT2D eigenvalue weighted by molar-refractivity contribution is 5.16. The summed E-state index contributed by atoms with van der Waals surface area (Å²) in [5.74, 6) is 3.67. The molecule has 1 aliphatic heterocycles. The number of piperidine rings is 1. The second-order valence-corrected chi connectivity index (χ2v) is 8.04. The predicted molar refractivity (Wildman–Crippen MR) is 110 cm³/mol. The third-order valence-electron chi connectivity index (χ3n) is 5.88. The first-order valence-corrected chi connectivity index (χ1v) is 10.3. The van der Waals surface area contributed by atoms with Gasteiger partial charge in [-0.3, -0.25) is 0 Å². The number of benzene rings is 1. The lowest BCUT2D eigenvalue weighted by molar-refractivity contribution is 0.217. The van der Waals surface area contributed by atoms with Crippen LogP contribution >= 0.6 is 0 Å². The Balaban J connectivity index is 1.60. The molecule has 3 heterocycles. The summed E-state index contributed by atoms with van der Waals surface area (Å²) in [5, 5.41) is 4.94. The van der Waals surface area contributed by atoms with Crippen molar-refractivity contribution >= 4 is 0 Å². The van der Waals surface area contributed by atoms with E-state index in [0.717, 1.165) is 30.4 Å². The van der Waals surface area contributed by atoms with Crippen LogP contribution in [-0.2, 0) is 13.0 Å². The van der Waals surface area contributed by atoms with Gasteiger partial charge in [0.1, 0.15) is 11.6 Å². The van der Waals surface area contributed by atoms with Gasteiger partial charge in [0.2, 0.25) is 0 Å². The van der Waals surface area contributed by atoms with Gasteiger partial charge in [0, 0.05) is 18.8 Å². The molecule has 28 heavy (non-hydrogen) atoms. The van der Waals surface area contributed by atoms with Gasteiger partial charge in [-0.1, -0.05) is 30.3 Å². The molecular weight excluding hydrogens is 348 g/mol. The maximum Gasteiger partial charge on any atom is 0.151 e. The van der Waals surface area contributed by atoms with Crippen molar-refractivity contribution in [3.63, 3.8) is 0 Å². The Labute approximate surface area is 167 Å². The summed E-state index contributed by atoms with van der Waals surface area (Å²) in [5.41, 5.74) is 1.24. The van der Waals surface area contributed by atoms with Crippen LogP contribution < -0.4 is 0 Å². The SMILES string of the molecule is Cc1nccn1[C@H](C)c1nc(CC2CCN(C)CC2)nn1Cc1ccccc1. The molecule has 1 atom stereocenters. The molecule has 1 fully saturated rings. The average Bonchev–Trinajstić information content (AvgIpc) is 3.30. The molecule has 3 aromatic rings. The van der Waals surface area contributed by atoms with Crippen LogP contribution in [0.2, 0.25) is 0 Å². The number of nitrogens with zero attached hydrogens (tertiary/aromatic N) is 6. The average molecular weight is 379 g/mol. The highest BCUT2D eigenvalue weighted by atomic mass is 15.4. The van der Waals surface area contributed by atoms with E-state index in [-0.39, 0.29) is 6.04 Å². The monoisotopic (exact) mass is 378 g/mol. The quantitative estimate of drug-likeness (QED) is 0.660. The number of imidazole rings is 1. The standard InChI is InChI=1S/C22H30N6/c1-17(27-14-11-23-18(27)2)22-24-21(15-19-9-12-26(3)13-10-19)25-28(22)16-20-7-5-4-6-8-20/h4-8,11,14,17,19H,9-10,12-13,15-16H2,1-3H3/t17-/m1/s1. The van der Waals surface area contributed by atoms with Gasteiger partial charge in [-0.15, -0.1) is 0 Å². The fraction of sp³-hybridized carbons (Fsp3) is 0.500. The molecule has 1 saturated heterocycles. The number of rotatable bonds is 6. The van der Waals surface area contributed by atoms with E-state index >= 15 is 0 Å². The van der Waals surface area contributed by atoms with Crippen LogP contribution in [0.25, 0.3) is 0 Å². The van der Waals surface area contributed by atoms with Crippen molar-refractivity contribution in [2.45, 2.75) is 45.7 Å². The first-order valence-electron chi connectivity index (χ1n) is 10.3. The molecule has 0 aliphatic carbocycles. The number of hydrogen-bond acceptors (Lipinski definition) is 4. The van der Waals surface area contributed by atoms with Gasteiger partial charge in [0.05, 0.1) is 12.6 Å². The minimum atomic E-state index is 0.102. The summed E-state index contributed by atoms with van der Waals surface area (Å²) >= 11 is 0. The Hall–Kier alpha value is -2.47. The molecular formula is C22H30N6. The molecule has 0 N–H and O–H groups in total. The zero-order valence-electron chi connectivity index (χ0n) is 17.1. The summed E-state index contributed by atoms with van der Waals surface area (Å²) in [7, 11) is 2.20. The minimum Gasteiger partial charge on any atom is -0.325 e. The summed E-state index contributed by atoms with van der Waals surface area (Å²) in [6.45, 7) is 7.31. The molecule has 0 bridgehead atoms. The number of likely N-dealkylation sites (tertiary alicyclic amines) is 1. The van der Waals surface area contributed by atoms with Gasteiger partial charge in [-0.25, -0.2) is 14.6 Å². The fourth-order valence-corrected chi connectivity index (χ4v) is 4.12. The van der Waals surface area contributed by atoms with Crippen molar-refractivity contribution in [2.75, 3.05) is 20.1 Å². The Morgan fingerprint density at radius 2 is 1.89 bits per heavy atom. The Morgan fingerprint density at radius 3 is 2.57 bits per heavy atom. The number of aromatic nitrogens is 5. The lowest BCUT2D eigenvalue weighted by Crippen LogP contribution is -2.31. The van der Waals surface area contributed by atoms with Gasteiger partial charge in [0.25, 0.3) is 0 Å². The Morgan fingerprint density at radius 1 is 1.14 bits per heavy atom. The second-order valence-electron chi connectivity index (χ2n) is 8.04. The van der Waals surface area contributed by atoms with Crippen LogP contribution in [0.3, 0.4) is 0 Å². The van der Waals surface area contributed by atoms with Crippen LogP contribution in [0, 0.1) is 12.8 Å². The third kappa shape index (κ3) is 4.17. The highest BCUT2D eigenvalue weighted by Crippen LogP contribution is 2.23. The summed E-state index contributed by atoms with van der Waals surface area (Å²) in [6, 6.07) is 10.6. The molecule has 6 heteroatoms. The number of aryl methyl sites for hydroxylation is 1. The van der Waals surface area contributed by atoms with E-state index in [1.165, 1.54) is 31.5 Å². The van der Waals surface area contributed by atoms with E-state index in [0.29, 0.717) is 5.92 Å². The zero-order valence-corrected chi connectivity index (χ0v) is 17.1. The van der Waals surface area contributed by atoms with Gasteiger partial charge in [0.15, 0.2) is 5.82 Å². The van der Waals surface area contributed by atoms with Crippen molar-refractivity contribution < 1.29 is 0 Å². The maximum atomic E-state index is 5.01. The molecule has 0 unspecified atom stereocenters. The largest absolute Gasteiger partial charge is 0.325 e. The number of hydrogen-bond donors (Lipinski definition) is 0. The lowest BCUT2D eigenvalue weighted by Gasteiger charge is -2.28. The normalized spacial score (nSPS) is 17.1. The zero-order chi connectivity index (χ0) is 19.5. The molecule has 1 aliphatic rings. The molecule has 1 aromatic carbocycles. The van der Waals surface area contributed by atoms with Crippen molar-refractivity contribution in [3.8, 4) is 0 Å². The van der Waals surface area contributed by atoms with Crippen LogP contribution in [0.15, 0.2) is 42.7 Å². The third-order valence-corrected chi connectivity index (χ3v) is 5.88. The molecule has 148 valence electrons. The first-order chi connectivity index (χ1) is 13.6. The van der Waals surface area contributed by atoms with Crippen molar-refractivity contribution in [1.29, 1.82) is 0 Å². The van der Waals surface area contributed by atoms with E-state index in [9.17, 15) is 0 Å². The van der Waals surface area contributed by atoms with Crippen LogP contribution in [0.1, 0.15) is 48.8 Å². The predicted octanol–water partition coefficient (Wildman–Crippen LogP) is 3.32. The van der Waals surface area contributed by atoms with Crippen molar-refractivity contribution in [2.24, 2.45) is 5.92 Å². The minimum absolute atomic E-state index is 0.102. The van der Waals surface area contributed by atoms with Crippen LogP contribution in [-0.4, -0.2) is 49.4 Å². The van der Waals surface area contributed by atoms with Crippen LogP contribution in [0.5, 0.6) is 0 Å². The van der Waals surface area contributed by atoms with E-state index < -0.39 is 0 Å². The molecule has 4 rings (SSSR count). The molecule has 0 spiro atoms. The lowest BCUT2D eigenvalue weighted by atomic mass is 9.94. The molecule has 0 radical (unpaired) electrons. The van der Waals surface area contributed by atoms with Crippen molar-refractivity contribution in [3.05, 3.63) is 65.8 Å². The fourth-order valence-electron chi connectivity index (χ4n) is 4.12. The summed E-state index contributed by atoms with van der Waals surface area (Å²) in [4.78, 5) is 11.8. The van der Waals surface area contributed by atoms with Crippen LogP contribution in [0.4, 0.5) is 0 Å². The Bertz CT molecular complexity index is 889. The van der Waals surface area contributed by atoms with E-state index in [2.05, 4.69) is 63.4 Å². The van der Waals surface area contributed by atoms with Gasteiger partial charge < -0.3 is 9.47 Å². The van der Waals surface area contributed by atoms with Gasteiger partial charge in [-0.2, -0.15) is 5.10 Å². The topological polar surface area (TPSA) is 51.8 Å². The molecule has 6 nitrogen and oxygen atoms in total. The first kappa shape index (κ1) is 18.9.